The Kier molecular flexibility index (Phi) is 7.65. The summed E-state index contributed by atoms with van der Waals surface area (Å²) in [6, 6.07) is 13.1. The number of nitrogens with one attached hydrogen (secondary N) is 2. The zero-order valence-electron chi connectivity index (χ0n) is 17.8. The van der Waals surface area contributed by atoms with Crippen LogP contribution in [0.4, 0.5) is 5.69 Å². The highest BCUT2D eigenvalue weighted by molar-refractivity contribution is 6.10. The van der Waals surface area contributed by atoms with Gasteiger partial charge in [-0.15, -0.1) is 0 Å². The van der Waals surface area contributed by atoms with Gasteiger partial charge in [0.15, 0.2) is 0 Å². The molecule has 0 fully saturated rings. The molecule has 0 bridgehead atoms. The summed E-state index contributed by atoms with van der Waals surface area (Å²) in [4.78, 5) is 25.4. The van der Waals surface area contributed by atoms with E-state index in [1.807, 2.05) is 32.0 Å². The lowest BCUT2D eigenvalue weighted by atomic mass is 9.90. The van der Waals surface area contributed by atoms with E-state index in [0.717, 1.165) is 29.0 Å². The summed E-state index contributed by atoms with van der Waals surface area (Å²) in [6.45, 7) is 7.81. The zero-order chi connectivity index (χ0) is 21.4. The van der Waals surface area contributed by atoms with Crippen LogP contribution in [-0.4, -0.2) is 32.1 Å². The van der Waals surface area contributed by atoms with Crippen LogP contribution in [0.1, 0.15) is 31.9 Å². The fraction of sp³-hybridized carbons (Fsp3) is 0.391. The van der Waals surface area contributed by atoms with Crippen LogP contribution in [-0.2, 0) is 16.0 Å². The second kappa shape index (κ2) is 9.96. The van der Waals surface area contributed by atoms with Crippen molar-refractivity contribution in [3.05, 3.63) is 53.6 Å². The molecule has 0 aliphatic rings. The van der Waals surface area contributed by atoms with E-state index in [9.17, 15) is 9.59 Å². The summed E-state index contributed by atoms with van der Waals surface area (Å²) >= 11 is 0. The topological polar surface area (TPSA) is 76.7 Å². The van der Waals surface area contributed by atoms with Crippen molar-refractivity contribution in [1.82, 2.24) is 5.32 Å². The van der Waals surface area contributed by atoms with Gasteiger partial charge in [-0.25, -0.2) is 0 Å². The number of hydrogen-bond acceptors (Lipinski definition) is 4. The number of methoxy groups -OCH3 is 1. The summed E-state index contributed by atoms with van der Waals surface area (Å²) in [5.74, 6) is 0.747. The van der Waals surface area contributed by atoms with Crippen LogP contribution in [0.15, 0.2) is 42.5 Å². The minimum Gasteiger partial charge on any atom is -0.497 e. The number of hydrogen-bond donors (Lipinski definition) is 2. The zero-order valence-corrected chi connectivity index (χ0v) is 17.8. The largest absolute Gasteiger partial charge is 0.497 e. The summed E-state index contributed by atoms with van der Waals surface area (Å²) in [7, 11) is 1.60. The lowest BCUT2D eigenvalue weighted by Crippen LogP contribution is -2.46. The number of rotatable bonds is 9. The smallest absolute Gasteiger partial charge is 0.239 e. The number of anilines is 1. The van der Waals surface area contributed by atoms with Crippen LogP contribution in [0.5, 0.6) is 11.5 Å². The molecule has 0 aliphatic heterocycles. The normalized spacial score (nSPS) is 10.9. The minimum absolute atomic E-state index is 0.298. The molecule has 0 heterocycles. The molecule has 2 rings (SSSR count). The van der Waals surface area contributed by atoms with E-state index in [1.54, 1.807) is 45.2 Å². The SMILES string of the molecule is CCc1cccc(C)c1NC(=O)C(C)(C)C(=O)NCCOc1ccc(OC)cc1. The molecule has 0 radical (unpaired) electrons. The van der Waals surface area contributed by atoms with Gasteiger partial charge in [0.05, 0.1) is 13.7 Å². The predicted octanol–water partition coefficient (Wildman–Crippen LogP) is 3.73. The number of aryl methyl sites for hydroxylation is 2. The van der Waals surface area contributed by atoms with E-state index >= 15 is 0 Å². The molecule has 0 spiro atoms. The van der Waals surface area contributed by atoms with Crippen molar-refractivity contribution in [1.29, 1.82) is 0 Å². The molecule has 0 atom stereocenters. The Morgan fingerprint density at radius 3 is 2.28 bits per heavy atom. The highest BCUT2D eigenvalue weighted by atomic mass is 16.5. The predicted molar refractivity (Wildman–Crippen MR) is 114 cm³/mol. The van der Waals surface area contributed by atoms with Gasteiger partial charge in [-0.3, -0.25) is 9.59 Å². The number of amides is 2. The molecule has 0 aliphatic carbocycles. The fourth-order valence-electron chi connectivity index (χ4n) is 2.80. The molecule has 2 aromatic rings. The molecule has 2 N–H and O–H groups in total. The Bertz CT molecular complexity index is 844. The van der Waals surface area contributed by atoms with Crippen molar-refractivity contribution in [2.45, 2.75) is 34.1 Å². The molecule has 6 heteroatoms. The minimum atomic E-state index is -1.21. The lowest BCUT2D eigenvalue weighted by molar-refractivity contribution is -0.138. The van der Waals surface area contributed by atoms with Gasteiger partial charge in [0, 0.05) is 5.69 Å². The molecular weight excluding hydrogens is 368 g/mol. The maximum absolute atomic E-state index is 12.8. The third-order valence-electron chi connectivity index (χ3n) is 4.83. The van der Waals surface area contributed by atoms with Gasteiger partial charge >= 0.3 is 0 Å². The third kappa shape index (κ3) is 5.73. The van der Waals surface area contributed by atoms with Crippen LogP contribution < -0.4 is 20.1 Å². The van der Waals surface area contributed by atoms with E-state index in [1.165, 1.54) is 0 Å². The van der Waals surface area contributed by atoms with Gasteiger partial charge < -0.3 is 20.1 Å². The highest BCUT2D eigenvalue weighted by Crippen LogP contribution is 2.25. The summed E-state index contributed by atoms with van der Waals surface area (Å²) < 4.78 is 10.7. The molecule has 0 unspecified atom stereocenters. The average Bonchev–Trinajstić information content (AvgIpc) is 2.72. The Hall–Kier alpha value is -3.02. The second-order valence-electron chi connectivity index (χ2n) is 7.32. The number of carbonyl (C=O) groups excluding carboxylic acids is 2. The van der Waals surface area contributed by atoms with E-state index < -0.39 is 5.41 Å². The van der Waals surface area contributed by atoms with Crippen LogP contribution >= 0.6 is 0 Å². The molecule has 2 amide bonds. The number of ether oxygens (including phenoxy) is 2. The van der Waals surface area contributed by atoms with Crippen LogP contribution in [0, 0.1) is 12.3 Å². The van der Waals surface area contributed by atoms with Crippen molar-refractivity contribution in [2.24, 2.45) is 5.41 Å². The number of carbonyl (C=O) groups is 2. The molecule has 0 saturated heterocycles. The van der Waals surface area contributed by atoms with Gasteiger partial charge in [-0.2, -0.15) is 0 Å². The quantitative estimate of drug-likeness (QED) is 0.498. The molecule has 156 valence electrons. The summed E-state index contributed by atoms with van der Waals surface area (Å²) in [5.41, 5.74) is 1.58. The molecule has 6 nitrogen and oxygen atoms in total. The maximum Gasteiger partial charge on any atom is 0.239 e. The molecular formula is C23H30N2O4. The van der Waals surface area contributed by atoms with Crippen molar-refractivity contribution in [2.75, 3.05) is 25.6 Å². The fourth-order valence-corrected chi connectivity index (χ4v) is 2.80. The Balaban J connectivity index is 1.89. The first-order valence-corrected chi connectivity index (χ1v) is 9.74. The number of benzene rings is 2. The van der Waals surface area contributed by atoms with E-state index in [0.29, 0.717) is 18.9 Å². The van der Waals surface area contributed by atoms with Crippen molar-refractivity contribution < 1.29 is 19.1 Å². The first-order chi connectivity index (χ1) is 13.8. The standard InChI is InChI=1S/C23H30N2O4/c1-6-17-9-7-8-16(2)20(17)25-22(27)23(3,4)21(26)24-14-15-29-19-12-10-18(28-5)11-13-19/h7-13H,6,14-15H2,1-5H3,(H,24,26)(H,25,27). The first-order valence-electron chi connectivity index (χ1n) is 9.74. The van der Waals surface area contributed by atoms with E-state index in [-0.39, 0.29) is 11.8 Å². The highest BCUT2D eigenvalue weighted by Gasteiger charge is 2.36. The summed E-state index contributed by atoms with van der Waals surface area (Å²) in [6.07, 6.45) is 0.798. The van der Waals surface area contributed by atoms with E-state index in [4.69, 9.17) is 9.47 Å². The Morgan fingerprint density at radius 1 is 1.00 bits per heavy atom. The third-order valence-corrected chi connectivity index (χ3v) is 4.83. The lowest BCUT2D eigenvalue weighted by Gasteiger charge is -2.24. The molecule has 29 heavy (non-hydrogen) atoms. The van der Waals surface area contributed by atoms with E-state index in [2.05, 4.69) is 10.6 Å². The first kappa shape index (κ1) is 22.3. The molecule has 0 saturated carbocycles. The van der Waals surface area contributed by atoms with Gasteiger partial charge in [-0.1, -0.05) is 25.1 Å². The van der Waals surface area contributed by atoms with Crippen LogP contribution in [0.3, 0.4) is 0 Å². The summed E-state index contributed by atoms with van der Waals surface area (Å²) in [5, 5.41) is 5.71. The average molecular weight is 399 g/mol. The Morgan fingerprint density at radius 2 is 1.66 bits per heavy atom. The second-order valence-corrected chi connectivity index (χ2v) is 7.32. The molecule has 0 aromatic heterocycles. The van der Waals surface area contributed by atoms with Crippen LogP contribution in [0.2, 0.25) is 0 Å². The maximum atomic E-state index is 12.8. The van der Waals surface area contributed by atoms with Crippen LogP contribution in [0.25, 0.3) is 0 Å². The van der Waals surface area contributed by atoms with Crippen molar-refractivity contribution >= 4 is 17.5 Å². The van der Waals surface area contributed by atoms with Gasteiger partial charge in [0.1, 0.15) is 23.5 Å². The van der Waals surface area contributed by atoms with Crippen molar-refractivity contribution in [3.8, 4) is 11.5 Å². The van der Waals surface area contributed by atoms with Gasteiger partial charge in [0.2, 0.25) is 11.8 Å². The van der Waals surface area contributed by atoms with Gasteiger partial charge in [-0.05, 0) is 62.6 Å². The Labute approximate surface area is 172 Å². The monoisotopic (exact) mass is 398 g/mol. The van der Waals surface area contributed by atoms with Gasteiger partial charge in [0.25, 0.3) is 0 Å². The molecule has 2 aromatic carbocycles. The number of para-hydroxylation sites is 1. The van der Waals surface area contributed by atoms with Crippen molar-refractivity contribution in [3.63, 3.8) is 0 Å².